The van der Waals surface area contributed by atoms with Gasteiger partial charge in [0.15, 0.2) is 5.78 Å². The van der Waals surface area contributed by atoms with Gasteiger partial charge in [0.2, 0.25) is 6.29 Å². The lowest BCUT2D eigenvalue weighted by Gasteiger charge is -2.15. The lowest BCUT2D eigenvalue weighted by Crippen LogP contribution is -2.15. The van der Waals surface area contributed by atoms with Crippen LogP contribution >= 0.6 is 0 Å². The highest BCUT2D eigenvalue weighted by molar-refractivity contribution is 6.06. The van der Waals surface area contributed by atoms with Crippen molar-refractivity contribution in [3.8, 4) is 5.75 Å². The van der Waals surface area contributed by atoms with Crippen LogP contribution in [0.3, 0.4) is 0 Å². The summed E-state index contributed by atoms with van der Waals surface area (Å²) in [5.74, 6) is 0.578. The van der Waals surface area contributed by atoms with E-state index >= 15 is 0 Å². The number of ether oxygens (including phenoxy) is 2. The first-order valence-electron chi connectivity index (χ1n) is 6.93. The van der Waals surface area contributed by atoms with E-state index in [1.807, 2.05) is 42.5 Å². The SMILES string of the molecule is C=CC(OC)Oc1ccccc1/C=C/C(=O)c1ccccc1. The predicted molar refractivity (Wildman–Crippen MR) is 87.9 cm³/mol. The van der Waals surface area contributed by atoms with Crippen molar-refractivity contribution >= 4 is 11.9 Å². The van der Waals surface area contributed by atoms with Gasteiger partial charge >= 0.3 is 0 Å². The van der Waals surface area contributed by atoms with Gasteiger partial charge in [0.05, 0.1) is 0 Å². The molecule has 0 fully saturated rings. The molecular formula is C19H18O3. The minimum atomic E-state index is -0.528. The van der Waals surface area contributed by atoms with E-state index in [0.29, 0.717) is 11.3 Å². The van der Waals surface area contributed by atoms with Crippen LogP contribution in [-0.2, 0) is 4.74 Å². The molecule has 2 aromatic carbocycles. The zero-order valence-corrected chi connectivity index (χ0v) is 12.4. The normalized spacial score (nSPS) is 12.0. The summed E-state index contributed by atoms with van der Waals surface area (Å²) in [6, 6.07) is 16.6. The summed E-state index contributed by atoms with van der Waals surface area (Å²) in [7, 11) is 1.55. The third-order valence-electron chi connectivity index (χ3n) is 3.06. The molecule has 0 amide bonds. The van der Waals surface area contributed by atoms with Gasteiger partial charge in [-0.2, -0.15) is 0 Å². The standard InChI is InChI=1S/C19H18O3/c1-3-19(21-2)22-18-12-8-7-11-16(18)13-14-17(20)15-9-5-4-6-10-15/h3-14,19H,1H2,2H3/b14-13+. The maximum atomic E-state index is 12.1. The van der Waals surface area contributed by atoms with Crippen molar-refractivity contribution in [3.63, 3.8) is 0 Å². The molecule has 3 heteroatoms. The van der Waals surface area contributed by atoms with Crippen LogP contribution in [0.25, 0.3) is 6.08 Å². The predicted octanol–water partition coefficient (Wildman–Crippen LogP) is 4.12. The summed E-state index contributed by atoms with van der Waals surface area (Å²) in [4.78, 5) is 12.1. The second kappa shape index (κ2) is 7.96. The van der Waals surface area contributed by atoms with Crippen LogP contribution in [-0.4, -0.2) is 19.2 Å². The van der Waals surface area contributed by atoms with Gasteiger partial charge in [-0.15, -0.1) is 0 Å². The summed E-state index contributed by atoms with van der Waals surface area (Å²) in [5, 5.41) is 0. The molecule has 0 aliphatic rings. The minimum Gasteiger partial charge on any atom is -0.461 e. The van der Waals surface area contributed by atoms with E-state index in [9.17, 15) is 4.79 Å². The first kappa shape index (κ1) is 15.7. The average molecular weight is 294 g/mol. The summed E-state index contributed by atoms with van der Waals surface area (Å²) in [6.07, 6.45) is 4.31. The van der Waals surface area contributed by atoms with Gasteiger partial charge in [-0.1, -0.05) is 55.1 Å². The van der Waals surface area contributed by atoms with E-state index in [1.165, 1.54) is 6.08 Å². The van der Waals surface area contributed by atoms with E-state index in [0.717, 1.165) is 5.56 Å². The molecule has 112 valence electrons. The highest BCUT2D eigenvalue weighted by atomic mass is 16.7. The Morgan fingerprint density at radius 2 is 1.77 bits per heavy atom. The average Bonchev–Trinajstić information content (AvgIpc) is 2.59. The number of ketones is 1. The van der Waals surface area contributed by atoms with Gasteiger partial charge in [-0.3, -0.25) is 4.79 Å². The molecule has 3 nitrogen and oxygen atoms in total. The van der Waals surface area contributed by atoms with E-state index in [4.69, 9.17) is 9.47 Å². The van der Waals surface area contributed by atoms with Crippen LogP contribution in [0.4, 0.5) is 0 Å². The van der Waals surface area contributed by atoms with Gasteiger partial charge in [0.25, 0.3) is 0 Å². The van der Waals surface area contributed by atoms with Crippen molar-refractivity contribution in [1.82, 2.24) is 0 Å². The summed E-state index contributed by atoms with van der Waals surface area (Å²) < 4.78 is 10.8. The number of carbonyl (C=O) groups excluding carboxylic acids is 1. The number of carbonyl (C=O) groups is 1. The van der Waals surface area contributed by atoms with E-state index < -0.39 is 6.29 Å². The Bertz CT molecular complexity index is 659. The quantitative estimate of drug-likeness (QED) is 0.333. The first-order valence-corrected chi connectivity index (χ1v) is 6.93. The Labute approximate surface area is 130 Å². The smallest absolute Gasteiger partial charge is 0.219 e. The molecule has 0 spiro atoms. The molecule has 0 radical (unpaired) electrons. The molecule has 0 heterocycles. The van der Waals surface area contributed by atoms with Crippen molar-refractivity contribution in [1.29, 1.82) is 0 Å². The second-order valence-electron chi connectivity index (χ2n) is 4.56. The maximum Gasteiger partial charge on any atom is 0.219 e. The van der Waals surface area contributed by atoms with Gasteiger partial charge in [-0.25, -0.2) is 0 Å². The van der Waals surface area contributed by atoms with Crippen LogP contribution in [0.2, 0.25) is 0 Å². The molecule has 0 aliphatic heterocycles. The Balaban J connectivity index is 2.17. The van der Waals surface area contributed by atoms with Gasteiger partial charge in [0.1, 0.15) is 5.75 Å². The lowest BCUT2D eigenvalue weighted by atomic mass is 10.1. The fourth-order valence-electron chi connectivity index (χ4n) is 1.91. The Hall–Kier alpha value is -2.65. The Morgan fingerprint density at radius 3 is 2.45 bits per heavy atom. The number of para-hydroxylation sites is 1. The van der Waals surface area contributed by atoms with Crippen molar-refractivity contribution in [3.05, 3.63) is 84.5 Å². The Kier molecular flexibility index (Phi) is 5.69. The molecule has 0 N–H and O–H groups in total. The summed E-state index contributed by atoms with van der Waals surface area (Å²) in [5.41, 5.74) is 1.45. The second-order valence-corrected chi connectivity index (χ2v) is 4.56. The highest BCUT2D eigenvalue weighted by Crippen LogP contribution is 2.21. The zero-order chi connectivity index (χ0) is 15.8. The van der Waals surface area contributed by atoms with E-state index in [2.05, 4.69) is 6.58 Å². The van der Waals surface area contributed by atoms with Gasteiger partial charge in [-0.05, 0) is 24.3 Å². The monoisotopic (exact) mass is 294 g/mol. The van der Waals surface area contributed by atoms with Crippen molar-refractivity contribution in [2.45, 2.75) is 6.29 Å². The number of methoxy groups -OCH3 is 1. The fourth-order valence-corrected chi connectivity index (χ4v) is 1.91. The highest BCUT2D eigenvalue weighted by Gasteiger charge is 2.07. The number of hydrogen-bond donors (Lipinski definition) is 0. The van der Waals surface area contributed by atoms with E-state index in [1.54, 1.807) is 31.4 Å². The van der Waals surface area contributed by atoms with Gasteiger partial charge < -0.3 is 9.47 Å². The van der Waals surface area contributed by atoms with Crippen molar-refractivity contribution in [2.75, 3.05) is 7.11 Å². The number of benzene rings is 2. The molecule has 1 unspecified atom stereocenters. The maximum absolute atomic E-state index is 12.1. The molecule has 2 rings (SSSR count). The number of rotatable bonds is 7. The molecule has 1 atom stereocenters. The van der Waals surface area contributed by atoms with Crippen LogP contribution in [0.1, 0.15) is 15.9 Å². The number of hydrogen-bond acceptors (Lipinski definition) is 3. The summed E-state index contributed by atoms with van der Waals surface area (Å²) in [6.45, 7) is 3.65. The third-order valence-corrected chi connectivity index (χ3v) is 3.06. The lowest BCUT2D eigenvalue weighted by molar-refractivity contribution is -0.0155. The van der Waals surface area contributed by atoms with Crippen LogP contribution in [0.15, 0.2) is 73.3 Å². The van der Waals surface area contributed by atoms with Crippen molar-refractivity contribution < 1.29 is 14.3 Å². The molecule has 0 aliphatic carbocycles. The third kappa shape index (κ3) is 4.17. The Morgan fingerprint density at radius 1 is 1.09 bits per heavy atom. The first-order chi connectivity index (χ1) is 10.7. The molecular weight excluding hydrogens is 276 g/mol. The van der Waals surface area contributed by atoms with Crippen LogP contribution < -0.4 is 4.74 Å². The van der Waals surface area contributed by atoms with Gasteiger partial charge in [0, 0.05) is 18.2 Å². The molecule has 0 bridgehead atoms. The minimum absolute atomic E-state index is 0.0533. The fraction of sp³-hybridized carbons (Fsp3) is 0.105. The van der Waals surface area contributed by atoms with Crippen LogP contribution in [0.5, 0.6) is 5.75 Å². The zero-order valence-electron chi connectivity index (χ0n) is 12.4. The number of allylic oxidation sites excluding steroid dienone is 1. The summed E-state index contributed by atoms with van der Waals surface area (Å²) >= 11 is 0. The topological polar surface area (TPSA) is 35.5 Å². The molecule has 0 saturated heterocycles. The van der Waals surface area contributed by atoms with Crippen LogP contribution in [0, 0.1) is 0 Å². The van der Waals surface area contributed by atoms with Crippen molar-refractivity contribution in [2.24, 2.45) is 0 Å². The van der Waals surface area contributed by atoms with E-state index in [-0.39, 0.29) is 5.78 Å². The largest absolute Gasteiger partial charge is 0.461 e. The molecule has 2 aromatic rings. The molecule has 0 saturated carbocycles. The molecule has 0 aromatic heterocycles. The molecule has 22 heavy (non-hydrogen) atoms.